The molecule has 2 rings (SSSR count). The number of rotatable bonds is 10. The van der Waals surface area contributed by atoms with Gasteiger partial charge in [-0.1, -0.05) is 60.7 Å². The molecule has 0 unspecified atom stereocenters. The van der Waals surface area contributed by atoms with Crippen LogP contribution >= 0.6 is 0 Å². The van der Waals surface area contributed by atoms with Crippen LogP contribution in [-0.4, -0.2) is 29.1 Å². The third-order valence-electron chi connectivity index (χ3n) is 3.64. The topological polar surface area (TPSA) is 52.6 Å². The molecule has 0 heterocycles. The van der Waals surface area contributed by atoms with Crippen molar-refractivity contribution in [1.82, 2.24) is 10.2 Å². The predicted molar refractivity (Wildman–Crippen MR) is 96.4 cm³/mol. The summed E-state index contributed by atoms with van der Waals surface area (Å²) in [6.45, 7) is 3.50. The van der Waals surface area contributed by atoms with Crippen LogP contribution in [0.15, 0.2) is 72.9 Å². The lowest BCUT2D eigenvalue weighted by Crippen LogP contribution is -2.26. The average Bonchev–Trinajstić information content (AvgIpc) is 2.59. The maximum absolute atomic E-state index is 10.4. The van der Waals surface area contributed by atoms with Crippen LogP contribution < -0.4 is 5.32 Å². The Morgan fingerprint density at radius 1 is 0.958 bits per heavy atom. The zero-order valence-electron chi connectivity index (χ0n) is 13.8. The van der Waals surface area contributed by atoms with E-state index in [1.807, 2.05) is 12.1 Å². The summed E-state index contributed by atoms with van der Waals surface area (Å²) < 4.78 is 0. The van der Waals surface area contributed by atoms with Gasteiger partial charge in [-0.3, -0.25) is 4.90 Å². The zero-order valence-corrected chi connectivity index (χ0v) is 13.8. The molecule has 0 atom stereocenters. The molecule has 0 aliphatic heterocycles. The number of hydrogen-bond donors (Lipinski definition) is 2. The number of hydrogen-bond acceptors (Lipinski definition) is 3. The Bertz CT molecular complexity index is 585. The van der Waals surface area contributed by atoms with Crippen LogP contribution in [0.5, 0.6) is 0 Å². The van der Waals surface area contributed by atoms with Gasteiger partial charge >= 0.3 is 5.97 Å². The molecule has 0 amide bonds. The third-order valence-corrected chi connectivity index (χ3v) is 3.64. The standard InChI is InChI=1S/C20H24N2O2/c23-20(24)12-14-21-13-7-15-22(16-18-8-3-1-4-9-18)17-19-10-5-2-6-11-19/h1-6,8-12,14,21H,7,13,15-17H2,(H,23,24)/b14-12+. The highest BCUT2D eigenvalue weighted by Crippen LogP contribution is 2.10. The Balaban J connectivity index is 1.86. The number of nitrogens with one attached hydrogen (secondary N) is 1. The number of benzene rings is 2. The Morgan fingerprint density at radius 2 is 1.50 bits per heavy atom. The molecule has 126 valence electrons. The lowest BCUT2D eigenvalue weighted by atomic mass is 10.1. The Labute approximate surface area is 143 Å². The van der Waals surface area contributed by atoms with Crippen molar-refractivity contribution in [2.45, 2.75) is 19.5 Å². The highest BCUT2D eigenvalue weighted by Gasteiger charge is 2.06. The summed E-state index contributed by atoms with van der Waals surface area (Å²) in [4.78, 5) is 12.8. The molecule has 0 aliphatic carbocycles. The summed E-state index contributed by atoms with van der Waals surface area (Å²) >= 11 is 0. The van der Waals surface area contributed by atoms with Crippen LogP contribution in [0.3, 0.4) is 0 Å². The smallest absolute Gasteiger partial charge is 0.329 e. The minimum Gasteiger partial charge on any atom is -0.478 e. The molecule has 2 aromatic rings. The highest BCUT2D eigenvalue weighted by atomic mass is 16.4. The molecule has 4 heteroatoms. The molecule has 4 nitrogen and oxygen atoms in total. The fraction of sp³-hybridized carbons (Fsp3) is 0.250. The average molecular weight is 324 g/mol. The Kier molecular flexibility index (Phi) is 7.57. The second-order valence-corrected chi connectivity index (χ2v) is 5.66. The first kappa shape index (κ1) is 17.8. The van der Waals surface area contributed by atoms with Gasteiger partial charge in [-0.15, -0.1) is 0 Å². The van der Waals surface area contributed by atoms with Gasteiger partial charge < -0.3 is 10.4 Å². The summed E-state index contributed by atoms with van der Waals surface area (Å²) in [5.74, 6) is -0.933. The normalized spacial score (nSPS) is 11.0. The van der Waals surface area contributed by atoms with Gasteiger partial charge in [-0.25, -0.2) is 4.79 Å². The molecule has 0 saturated carbocycles. The lowest BCUT2D eigenvalue weighted by Gasteiger charge is -2.22. The van der Waals surface area contributed by atoms with Crippen molar-refractivity contribution in [1.29, 1.82) is 0 Å². The highest BCUT2D eigenvalue weighted by molar-refractivity contribution is 5.79. The van der Waals surface area contributed by atoms with Crippen LogP contribution in [0.1, 0.15) is 17.5 Å². The van der Waals surface area contributed by atoms with E-state index in [9.17, 15) is 4.79 Å². The number of carbonyl (C=O) groups is 1. The van der Waals surface area contributed by atoms with Gasteiger partial charge in [0.1, 0.15) is 0 Å². The second-order valence-electron chi connectivity index (χ2n) is 5.66. The lowest BCUT2D eigenvalue weighted by molar-refractivity contribution is -0.131. The number of carboxylic acids is 1. The largest absolute Gasteiger partial charge is 0.478 e. The minimum atomic E-state index is -0.933. The van der Waals surface area contributed by atoms with Crippen LogP contribution in [0.4, 0.5) is 0 Å². The summed E-state index contributed by atoms with van der Waals surface area (Å²) in [6.07, 6.45) is 3.55. The maximum atomic E-state index is 10.4. The molecular weight excluding hydrogens is 300 g/mol. The van der Waals surface area contributed by atoms with E-state index in [1.54, 1.807) is 0 Å². The van der Waals surface area contributed by atoms with Crippen LogP contribution in [0.25, 0.3) is 0 Å². The van der Waals surface area contributed by atoms with Crippen molar-refractivity contribution in [2.75, 3.05) is 13.1 Å². The van der Waals surface area contributed by atoms with Crippen LogP contribution in [-0.2, 0) is 17.9 Å². The summed E-state index contributed by atoms with van der Waals surface area (Å²) in [5, 5.41) is 11.6. The quantitative estimate of drug-likeness (QED) is 0.520. The monoisotopic (exact) mass is 324 g/mol. The first-order valence-corrected chi connectivity index (χ1v) is 8.17. The SMILES string of the molecule is O=C(O)/C=C/NCCCN(Cc1ccccc1)Cc1ccccc1. The molecule has 24 heavy (non-hydrogen) atoms. The molecule has 0 saturated heterocycles. The van der Waals surface area contributed by atoms with Crippen molar-refractivity contribution >= 4 is 5.97 Å². The van der Waals surface area contributed by atoms with Crippen molar-refractivity contribution in [2.24, 2.45) is 0 Å². The van der Waals surface area contributed by atoms with Gasteiger partial charge in [0.05, 0.1) is 0 Å². The maximum Gasteiger partial charge on any atom is 0.329 e. The fourth-order valence-electron chi connectivity index (χ4n) is 2.52. The number of carboxylic acid groups (broad SMARTS) is 1. The Hall–Kier alpha value is -2.59. The molecule has 0 aliphatic rings. The number of nitrogens with zero attached hydrogens (tertiary/aromatic N) is 1. The molecular formula is C20H24N2O2. The van der Waals surface area contributed by atoms with Gasteiger partial charge in [-0.2, -0.15) is 0 Å². The van der Waals surface area contributed by atoms with Gasteiger partial charge in [0.25, 0.3) is 0 Å². The minimum absolute atomic E-state index is 0.754. The van der Waals surface area contributed by atoms with E-state index in [4.69, 9.17) is 5.11 Å². The zero-order chi connectivity index (χ0) is 17.0. The molecule has 2 N–H and O–H groups in total. The summed E-state index contributed by atoms with van der Waals surface area (Å²) in [5.41, 5.74) is 2.60. The van der Waals surface area contributed by atoms with Crippen molar-refractivity contribution < 1.29 is 9.90 Å². The van der Waals surface area contributed by atoms with Crippen LogP contribution in [0, 0.1) is 0 Å². The van der Waals surface area contributed by atoms with E-state index in [1.165, 1.54) is 17.3 Å². The first-order valence-electron chi connectivity index (χ1n) is 8.17. The molecule has 0 aromatic heterocycles. The van der Waals surface area contributed by atoms with E-state index >= 15 is 0 Å². The van der Waals surface area contributed by atoms with E-state index in [-0.39, 0.29) is 0 Å². The van der Waals surface area contributed by atoms with Gasteiger partial charge in [0.2, 0.25) is 0 Å². The van der Waals surface area contributed by atoms with Gasteiger partial charge in [0.15, 0.2) is 0 Å². The Morgan fingerprint density at radius 3 is 2.00 bits per heavy atom. The van der Waals surface area contributed by atoms with E-state index in [2.05, 4.69) is 58.7 Å². The molecule has 0 bridgehead atoms. The number of aliphatic carboxylic acids is 1. The first-order chi connectivity index (χ1) is 11.7. The fourth-order valence-corrected chi connectivity index (χ4v) is 2.52. The van der Waals surface area contributed by atoms with Gasteiger partial charge in [0, 0.05) is 38.5 Å². The predicted octanol–water partition coefficient (Wildman–Crippen LogP) is 3.27. The van der Waals surface area contributed by atoms with E-state index in [0.29, 0.717) is 0 Å². The molecule has 0 spiro atoms. The van der Waals surface area contributed by atoms with Gasteiger partial charge in [-0.05, 0) is 17.5 Å². The van der Waals surface area contributed by atoms with Crippen LogP contribution in [0.2, 0.25) is 0 Å². The van der Waals surface area contributed by atoms with Crippen molar-refractivity contribution in [3.05, 3.63) is 84.1 Å². The molecule has 0 radical (unpaired) electrons. The van der Waals surface area contributed by atoms with Crippen molar-refractivity contribution in [3.63, 3.8) is 0 Å². The second kappa shape index (κ2) is 10.2. The molecule has 0 fully saturated rings. The third kappa shape index (κ3) is 7.11. The van der Waals surface area contributed by atoms with Crippen molar-refractivity contribution in [3.8, 4) is 0 Å². The molecule has 2 aromatic carbocycles. The van der Waals surface area contributed by atoms with E-state index in [0.717, 1.165) is 38.7 Å². The summed E-state index contributed by atoms with van der Waals surface area (Å²) in [7, 11) is 0. The summed E-state index contributed by atoms with van der Waals surface area (Å²) in [6, 6.07) is 20.9. The van der Waals surface area contributed by atoms with E-state index < -0.39 is 5.97 Å².